The van der Waals surface area contributed by atoms with Gasteiger partial charge in [0, 0.05) is 5.69 Å². The Morgan fingerprint density at radius 1 is 0.963 bits per heavy atom. The molecule has 2 aliphatic rings. The van der Waals surface area contributed by atoms with Gasteiger partial charge in [-0.05, 0) is 78.8 Å². The van der Waals surface area contributed by atoms with Gasteiger partial charge in [0.2, 0.25) is 11.8 Å². The fourth-order valence-electron chi connectivity index (χ4n) is 4.14. The van der Waals surface area contributed by atoms with E-state index in [2.05, 4.69) is 38.4 Å². The molecule has 4 nitrogen and oxygen atoms in total. The van der Waals surface area contributed by atoms with Crippen LogP contribution >= 0.6 is 0 Å². The van der Waals surface area contributed by atoms with E-state index in [4.69, 9.17) is 0 Å². The van der Waals surface area contributed by atoms with Crippen LogP contribution in [0.1, 0.15) is 46.5 Å². The van der Waals surface area contributed by atoms with Gasteiger partial charge in [-0.15, -0.1) is 5.10 Å². The molecule has 0 spiro atoms. The Hall–Kier alpha value is -3.13. The summed E-state index contributed by atoms with van der Waals surface area (Å²) in [4.78, 5) is 4.43. The molecule has 3 aromatic rings. The maximum absolute atomic E-state index is 13.7. The molecule has 1 heterocycles. The van der Waals surface area contributed by atoms with Crippen molar-refractivity contribution in [3.05, 3.63) is 69.8 Å². The molecule has 0 atom stereocenters. The number of H-pyrrole nitrogens is 1. The average molecular weight is 358 g/mol. The molecule has 0 bridgehead atoms. The SMILES string of the molecule is Fc1ccccc1C#Cc1nc(Nc2c3c(cc4c2CCC4)CCC3)n[nH]1. The number of halogens is 1. The summed E-state index contributed by atoms with van der Waals surface area (Å²) in [6, 6.07) is 8.85. The summed E-state index contributed by atoms with van der Waals surface area (Å²) < 4.78 is 13.7. The fourth-order valence-corrected chi connectivity index (χ4v) is 4.14. The van der Waals surface area contributed by atoms with E-state index in [-0.39, 0.29) is 5.82 Å². The van der Waals surface area contributed by atoms with Gasteiger partial charge in [-0.2, -0.15) is 4.98 Å². The Kier molecular flexibility index (Phi) is 3.90. The van der Waals surface area contributed by atoms with Crippen molar-refractivity contribution in [3.8, 4) is 11.8 Å². The first-order chi connectivity index (χ1) is 13.3. The Morgan fingerprint density at radius 2 is 1.70 bits per heavy atom. The van der Waals surface area contributed by atoms with Gasteiger partial charge in [0.25, 0.3) is 0 Å². The first-order valence-electron chi connectivity index (χ1n) is 9.40. The van der Waals surface area contributed by atoms with Crippen molar-refractivity contribution < 1.29 is 4.39 Å². The van der Waals surface area contributed by atoms with E-state index in [0.29, 0.717) is 17.3 Å². The molecule has 0 aliphatic heterocycles. The van der Waals surface area contributed by atoms with Gasteiger partial charge in [0.15, 0.2) is 0 Å². The second-order valence-electron chi connectivity index (χ2n) is 7.10. The van der Waals surface area contributed by atoms with E-state index in [0.717, 1.165) is 25.7 Å². The number of hydrogen-bond donors (Lipinski definition) is 2. The molecular formula is C22H19FN4. The number of anilines is 2. The number of rotatable bonds is 2. The summed E-state index contributed by atoms with van der Waals surface area (Å²) in [5.41, 5.74) is 7.31. The fraction of sp³-hybridized carbons (Fsp3) is 0.273. The number of aromatic amines is 1. The van der Waals surface area contributed by atoms with Crippen LogP contribution in [0.2, 0.25) is 0 Å². The van der Waals surface area contributed by atoms with Crippen LogP contribution in [0.5, 0.6) is 0 Å². The first-order valence-corrected chi connectivity index (χ1v) is 9.40. The molecule has 2 aliphatic carbocycles. The van der Waals surface area contributed by atoms with Crippen LogP contribution in [0, 0.1) is 17.7 Å². The largest absolute Gasteiger partial charge is 0.322 e. The number of fused-ring (bicyclic) bond motifs is 2. The van der Waals surface area contributed by atoms with Crippen LogP contribution in [0.3, 0.4) is 0 Å². The molecule has 1 aromatic heterocycles. The monoisotopic (exact) mass is 358 g/mol. The zero-order valence-corrected chi connectivity index (χ0v) is 14.9. The van der Waals surface area contributed by atoms with Gasteiger partial charge in [-0.3, -0.25) is 5.10 Å². The molecular weight excluding hydrogens is 339 g/mol. The van der Waals surface area contributed by atoms with Gasteiger partial charge >= 0.3 is 0 Å². The predicted octanol–water partition coefficient (Wildman–Crippen LogP) is 4.06. The molecule has 27 heavy (non-hydrogen) atoms. The minimum Gasteiger partial charge on any atom is -0.322 e. The molecule has 5 rings (SSSR count). The lowest BCUT2D eigenvalue weighted by atomic mass is 9.99. The number of nitrogens with zero attached hydrogens (tertiary/aromatic N) is 2. The van der Waals surface area contributed by atoms with Gasteiger partial charge in [-0.25, -0.2) is 4.39 Å². The highest BCUT2D eigenvalue weighted by Crippen LogP contribution is 2.39. The Balaban J connectivity index is 1.44. The Morgan fingerprint density at radius 3 is 2.44 bits per heavy atom. The standard InChI is InChI=1S/C22H19FN4/c23-19-10-2-1-5-14(19)11-12-20-24-22(27-26-20)25-21-17-8-3-6-15(17)13-16-7-4-9-18(16)21/h1-2,5,10,13H,3-4,6-9H2,(H2,24,25,26,27). The van der Waals surface area contributed by atoms with Crippen LogP contribution in [0.15, 0.2) is 30.3 Å². The van der Waals surface area contributed by atoms with Crippen LogP contribution in [-0.4, -0.2) is 15.2 Å². The smallest absolute Gasteiger partial charge is 0.247 e. The van der Waals surface area contributed by atoms with Crippen molar-refractivity contribution in [1.29, 1.82) is 0 Å². The number of aryl methyl sites for hydroxylation is 2. The van der Waals surface area contributed by atoms with Gasteiger partial charge < -0.3 is 5.32 Å². The van der Waals surface area contributed by atoms with E-state index >= 15 is 0 Å². The lowest BCUT2D eigenvalue weighted by Crippen LogP contribution is -2.02. The van der Waals surface area contributed by atoms with Gasteiger partial charge in [0.05, 0.1) is 5.56 Å². The van der Waals surface area contributed by atoms with Crippen molar-refractivity contribution in [1.82, 2.24) is 15.2 Å². The molecule has 134 valence electrons. The molecule has 0 radical (unpaired) electrons. The molecule has 2 N–H and O–H groups in total. The predicted molar refractivity (Wildman–Crippen MR) is 103 cm³/mol. The van der Waals surface area contributed by atoms with Crippen LogP contribution in [0.25, 0.3) is 0 Å². The minimum absolute atomic E-state index is 0.335. The minimum atomic E-state index is -0.335. The maximum Gasteiger partial charge on any atom is 0.247 e. The van der Waals surface area contributed by atoms with E-state index in [1.54, 1.807) is 18.2 Å². The van der Waals surface area contributed by atoms with E-state index in [1.807, 2.05) is 0 Å². The highest BCUT2D eigenvalue weighted by molar-refractivity contribution is 5.69. The first kappa shape index (κ1) is 16.1. The second-order valence-corrected chi connectivity index (χ2v) is 7.10. The van der Waals surface area contributed by atoms with Crippen LogP contribution < -0.4 is 5.32 Å². The van der Waals surface area contributed by atoms with E-state index in [9.17, 15) is 4.39 Å². The van der Waals surface area contributed by atoms with Crippen molar-refractivity contribution >= 4 is 11.6 Å². The van der Waals surface area contributed by atoms with Gasteiger partial charge in [-0.1, -0.05) is 24.1 Å². The third-order valence-corrected chi connectivity index (χ3v) is 5.38. The summed E-state index contributed by atoms with van der Waals surface area (Å²) in [6.45, 7) is 0. The third-order valence-electron chi connectivity index (χ3n) is 5.38. The van der Waals surface area contributed by atoms with Crippen molar-refractivity contribution in [2.45, 2.75) is 38.5 Å². The third kappa shape index (κ3) is 2.97. The summed E-state index contributed by atoms with van der Waals surface area (Å²) in [6.07, 6.45) is 6.94. The quantitative estimate of drug-likeness (QED) is 0.679. The number of hydrogen-bond acceptors (Lipinski definition) is 3. The summed E-state index contributed by atoms with van der Waals surface area (Å²) in [5.74, 6) is 6.26. The molecule has 0 saturated carbocycles. The summed E-state index contributed by atoms with van der Waals surface area (Å²) in [7, 11) is 0. The topological polar surface area (TPSA) is 53.6 Å². The maximum atomic E-state index is 13.7. The zero-order valence-electron chi connectivity index (χ0n) is 14.9. The van der Waals surface area contributed by atoms with Crippen LogP contribution in [0.4, 0.5) is 16.0 Å². The van der Waals surface area contributed by atoms with E-state index in [1.165, 1.54) is 46.8 Å². The number of benzene rings is 2. The lowest BCUT2D eigenvalue weighted by molar-refractivity contribution is 0.624. The second kappa shape index (κ2) is 6.55. The van der Waals surface area contributed by atoms with Crippen molar-refractivity contribution in [2.24, 2.45) is 0 Å². The average Bonchev–Trinajstić information content (AvgIpc) is 3.41. The Bertz CT molecular complexity index is 1060. The normalized spacial score (nSPS) is 14.4. The zero-order chi connectivity index (χ0) is 18.2. The van der Waals surface area contributed by atoms with Crippen LogP contribution in [-0.2, 0) is 25.7 Å². The molecule has 2 aromatic carbocycles. The molecule has 0 saturated heterocycles. The Labute approximate surface area is 157 Å². The van der Waals surface area contributed by atoms with Crippen molar-refractivity contribution in [2.75, 3.05) is 5.32 Å². The highest BCUT2D eigenvalue weighted by Gasteiger charge is 2.24. The molecule has 0 fully saturated rings. The number of nitrogens with one attached hydrogen (secondary N) is 2. The van der Waals surface area contributed by atoms with Crippen molar-refractivity contribution in [3.63, 3.8) is 0 Å². The molecule has 0 unspecified atom stereocenters. The molecule has 0 amide bonds. The van der Waals surface area contributed by atoms with E-state index < -0.39 is 0 Å². The number of aromatic nitrogens is 3. The summed E-state index contributed by atoms with van der Waals surface area (Å²) >= 11 is 0. The highest BCUT2D eigenvalue weighted by atomic mass is 19.1. The molecule has 5 heteroatoms. The summed E-state index contributed by atoms with van der Waals surface area (Å²) in [5, 5.41) is 10.5. The van der Waals surface area contributed by atoms with Gasteiger partial charge in [0.1, 0.15) is 5.82 Å². The lowest BCUT2D eigenvalue weighted by Gasteiger charge is -2.14.